The zero-order valence-electron chi connectivity index (χ0n) is 10.7. The number of aromatic nitrogens is 2. The van der Waals surface area contributed by atoms with Gasteiger partial charge in [-0.1, -0.05) is 19.3 Å². The summed E-state index contributed by atoms with van der Waals surface area (Å²) in [7, 11) is 0. The Bertz CT molecular complexity index is 351. The Morgan fingerprint density at radius 1 is 1.39 bits per heavy atom. The van der Waals surface area contributed by atoms with Crippen LogP contribution in [0.25, 0.3) is 0 Å². The predicted octanol–water partition coefficient (Wildman–Crippen LogP) is 1.97. The van der Waals surface area contributed by atoms with Gasteiger partial charge in [0, 0.05) is 17.7 Å². The zero-order chi connectivity index (χ0) is 12.8. The van der Waals surface area contributed by atoms with Gasteiger partial charge in [-0.05, 0) is 18.9 Å². The summed E-state index contributed by atoms with van der Waals surface area (Å²) < 4.78 is 2.11. The molecule has 18 heavy (non-hydrogen) atoms. The molecule has 102 valence electrons. The van der Waals surface area contributed by atoms with Gasteiger partial charge in [0.2, 0.25) is 0 Å². The SMILES string of the molecule is OCC(O)CSCc1ccn(C2CCCCC2)n1. The quantitative estimate of drug-likeness (QED) is 0.830. The molecule has 1 aromatic heterocycles. The fraction of sp³-hybridized carbons (Fsp3) is 0.769. The summed E-state index contributed by atoms with van der Waals surface area (Å²) in [6.07, 6.45) is 7.95. The zero-order valence-corrected chi connectivity index (χ0v) is 11.5. The average molecular weight is 270 g/mol. The van der Waals surface area contributed by atoms with Crippen LogP contribution in [0, 0.1) is 0 Å². The van der Waals surface area contributed by atoms with Crippen molar-refractivity contribution in [2.24, 2.45) is 0 Å². The first-order valence-corrected chi connectivity index (χ1v) is 7.86. The number of thioether (sulfide) groups is 1. The van der Waals surface area contributed by atoms with Crippen molar-refractivity contribution in [1.82, 2.24) is 9.78 Å². The normalized spacial score (nSPS) is 19.0. The summed E-state index contributed by atoms with van der Waals surface area (Å²) in [5.41, 5.74) is 1.07. The lowest BCUT2D eigenvalue weighted by Crippen LogP contribution is -2.15. The van der Waals surface area contributed by atoms with Crippen LogP contribution in [0.2, 0.25) is 0 Å². The van der Waals surface area contributed by atoms with Gasteiger partial charge in [-0.3, -0.25) is 4.68 Å². The van der Waals surface area contributed by atoms with Gasteiger partial charge < -0.3 is 10.2 Å². The van der Waals surface area contributed by atoms with Crippen molar-refractivity contribution in [2.75, 3.05) is 12.4 Å². The van der Waals surface area contributed by atoms with E-state index in [-0.39, 0.29) is 6.61 Å². The van der Waals surface area contributed by atoms with Crippen molar-refractivity contribution in [3.05, 3.63) is 18.0 Å². The highest BCUT2D eigenvalue weighted by molar-refractivity contribution is 7.98. The minimum Gasteiger partial charge on any atom is -0.394 e. The summed E-state index contributed by atoms with van der Waals surface area (Å²) >= 11 is 1.61. The lowest BCUT2D eigenvalue weighted by Gasteiger charge is -2.21. The van der Waals surface area contributed by atoms with Crippen LogP contribution in [-0.2, 0) is 5.75 Å². The van der Waals surface area contributed by atoms with Crippen molar-refractivity contribution in [2.45, 2.75) is 50.0 Å². The summed E-state index contributed by atoms with van der Waals surface area (Å²) in [4.78, 5) is 0. The van der Waals surface area contributed by atoms with Gasteiger partial charge in [-0.15, -0.1) is 0 Å². The van der Waals surface area contributed by atoms with Crippen LogP contribution in [0.5, 0.6) is 0 Å². The molecule has 0 amide bonds. The first-order valence-electron chi connectivity index (χ1n) is 6.70. The highest BCUT2D eigenvalue weighted by Crippen LogP contribution is 2.27. The van der Waals surface area contributed by atoms with E-state index in [1.54, 1.807) is 11.8 Å². The first kappa shape index (κ1) is 13.9. The van der Waals surface area contributed by atoms with Crippen LogP contribution >= 0.6 is 11.8 Å². The van der Waals surface area contributed by atoms with E-state index in [0.717, 1.165) is 11.4 Å². The van der Waals surface area contributed by atoms with Crippen molar-refractivity contribution in [3.8, 4) is 0 Å². The van der Waals surface area contributed by atoms with Crippen LogP contribution in [0.15, 0.2) is 12.3 Å². The fourth-order valence-electron chi connectivity index (χ4n) is 2.36. The van der Waals surface area contributed by atoms with Gasteiger partial charge in [0.15, 0.2) is 0 Å². The van der Waals surface area contributed by atoms with Crippen molar-refractivity contribution < 1.29 is 10.2 Å². The lowest BCUT2D eigenvalue weighted by atomic mass is 9.96. The molecule has 4 nitrogen and oxygen atoms in total. The van der Waals surface area contributed by atoms with Crippen molar-refractivity contribution in [3.63, 3.8) is 0 Å². The molecule has 1 aromatic rings. The van der Waals surface area contributed by atoms with Crippen LogP contribution < -0.4 is 0 Å². The minimum absolute atomic E-state index is 0.163. The first-order chi connectivity index (χ1) is 8.79. The van der Waals surface area contributed by atoms with Gasteiger partial charge >= 0.3 is 0 Å². The largest absolute Gasteiger partial charge is 0.394 e. The van der Waals surface area contributed by atoms with E-state index in [9.17, 15) is 5.11 Å². The maximum Gasteiger partial charge on any atom is 0.0861 e. The smallest absolute Gasteiger partial charge is 0.0861 e. The molecule has 2 rings (SSSR count). The number of nitrogens with zero attached hydrogens (tertiary/aromatic N) is 2. The second kappa shape index (κ2) is 7.16. The maximum atomic E-state index is 9.25. The third-order valence-corrected chi connectivity index (χ3v) is 4.50. The maximum absolute atomic E-state index is 9.25. The van der Waals surface area contributed by atoms with E-state index in [2.05, 4.69) is 22.0 Å². The number of aliphatic hydroxyl groups excluding tert-OH is 2. The Hall–Kier alpha value is -0.520. The fourth-order valence-corrected chi connectivity index (χ4v) is 3.21. The number of hydrogen-bond acceptors (Lipinski definition) is 4. The Morgan fingerprint density at radius 3 is 2.89 bits per heavy atom. The highest BCUT2D eigenvalue weighted by Gasteiger charge is 2.15. The lowest BCUT2D eigenvalue weighted by molar-refractivity contribution is 0.113. The molecule has 2 N–H and O–H groups in total. The number of rotatable bonds is 6. The minimum atomic E-state index is -0.615. The third-order valence-electron chi connectivity index (χ3n) is 3.38. The Balaban J connectivity index is 1.78. The van der Waals surface area contributed by atoms with Crippen LogP contribution in [0.3, 0.4) is 0 Å². The van der Waals surface area contributed by atoms with Gasteiger partial charge in [0.1, 0.15) is 0 Å². The van der Waals surface area contributed by atoms with E-state index in [0.29, 0.717) is 11.8 Å². The molecule has 1 saturated carbocycles. The molecule has 0 bridgehead atoms. The van der Waals surface area contributed by atoms with Crippen LogP contribution in [0.1, 0.15) is 43.8 Å². The molecule has 1 aliphatic rings. The van der Waals surface area contributed by atoms with E-state index in [4.69, 9.17) is 5.11 Å². The number of aliphatic hydroxyl groups is 2. The molecule has 1 heterocycles. The standard InChI is InChI=1S/C13H22N2O2S/c16-8-13(17)10-18-9-11-6-7-15(14-11)12-4-2-1-3-5-12/h6-7,12-13,16-17H,1-5,8-10H2. The van der Waals surface area contributed by atoms with Crippen molar-refractivity contribution >= 4 is 11.8 Å². The van der Waals surface area contributed by atoms with E-state index >= 15 is 0 Å². The molecule has 0 aliphatic heterocycles. The second-order valence-corrected chi connectivity index (χ2v) is 5.96. The van der Waals surface area contributed by atoms with Gasteiger partial charge in [0.25, 0.3) is 0 Å². The number of hydrogen-bond donors (Lipinski definition) is 2. The molecule has 5 heteroatoms. The molecule has 0 radical (unpaired) electrons. The average Bonchev–Trinajstić information content (AvgIpc) is 2.88. The van der Waals surface area contributed by atoms with Gasteiger partial charge in [0.05, 0.1) is 24.4 Å². The Labute approximate surface area is 112 Å². The van der Waals surface area contributed by atoms with Gasteiger partial charge in [-0.2, -0.15) is 16.9 Å². The summed E-state index contributed by atoms with van der Waals surface area (Å²) in [6.45, 7) is -0.163. The molecule has 1 aliphatic carbocycles. The Morgan fingerprint density at radius 2 is 2.17 bits per heavy atom. The van der Waals surface area contributed by atoms with E-state index in [1.807, 2.05) is 0 Å². The molecule has 0 spiro atoms. The predicted molar refractivity (Wildman–Crippen MR) is 73.6 cm³/mol. The van der Waals surface area contributed by atoms with Crippen molar-refractivity contribution in [1.29, 1.82) is 0 Å². The molecule has 0 aromatic carbocycles. The molecule has 1 atom stereocenters. The van der Waals surface area contributed by atoms with E-state index < -0.39 is 6.10 Å². The van der Waals surface area contributed by atoms with Crippen LogP contribution in [-0.4, -0.2) is 38.5 Å². The molecule has 1 unspecified atom stereocenters. The Kier molecular flexibility index (Phi) is 5.53. The monoisotopic (exact) mass is 270 g/mol. The molecule has 1 fully saturated rings. The van der Waals surface area contributed by atoms with Gasteiger partial charge in [-0.25, -0.2) is 0 Å². The summed E-state index contributed by atoms with van der Waals surface area (Å²) in [5.74, 6) is 1.36. The van der Waals surface area contributed by atoms with Crippen LogP contribution in [0.4, 0.5) is 0 Å². The second-order valence-electron chi connectivity index (χ2n) is 4.93. The van der Waals surface area contributed by atoms with E-state index in [1.165, 1.54) is 32.1 Å². The topological polar surface area (TPSA) is 58.3 Å². The summed E-state index contributed by atoms with van der Waals surface area (Å²) in [5, 5.41) is 22.6. The summed E-state index contributed by atoms with van der Waals surface area (Å²) in [6, 6.07) is 2.65. The highest BCUT2D eigenvalue weighted by atomic mass is 32.2. The molecule has 0 saturated heterocycles. The molecular formula is C13H22N2O2S. The third kappa shape index (κ3) is 4.00. The molecular weight excluding hydrogens is 248 g/mol.